The van der Waals surface area contributed by atoms with Gasteiger partial charge in [-0.1, -0.05) is 6.07 Å². The van der Waals surface area contributed by atoms with Crippen LogP contribution in [0.1, 0.15) is 27.2 Å². The molecule has 114 valence electrons. The fraction of sp³-hybridized carbons (Fsp3) is 0.267. The molecule has 6 heteroatoms. The minimum absolute atomic E-state index is 0. The number of methoxy groups -OCH3 is 1. The quantitative estimate of drug-likeness (QED) is 0.910. The fourth-order valence-corrected chi connectivity index (χ4v) is 2.08. The Bertz CT molecular complexity index is 638. The molecule has 1 amide bonds. The maximum Gasteiger partial charge on any atom is 0.258 e. The molecule has 0 saturated carbocycles. The predicted molar refractivity (Wildman–Crippen MR) is 84.3 cm³/mol. The van der Waals surface area contributed by atoms with Gasteiger partial charge in [0.25, 0.3) is 5.91 Å². The lowest BCUT2D eigenvalue weighted by Crippen LogP contribution is -2.12. The van der Waals surface area contributed by atoms with Crippen molar-refractivity contribution in [1.82, 2.24) is 0 Å². The zero-order valence-corrected chi connectivity index (χ0v) is 13.0. The summed E-state index contributed by atoms with van der Waals surface area (Å²) in [5.74, 6) is 1.12. The summed E-state index contributed by atoms with van der Waals surface area (Å²) in [6.45, 7) is 4.13. The minimum Gasteiger partial charge on any atom is -0.496 e. The van der Waals surface area contributed by atoms with Crippen molar-refractivity contribution < 1.29 is 13.9 Å². The predicted octanol–water partition coefficient (Wildman–Crippen LogP) is 3.04. The first-order chi connectivity index (χ1) is 9.56. The molecule has 0 aliphatic rings. The average molecular weight is 311 g/mol. The van der Waals surface area contributed by atoms with Crippen molar-refractivity contribution in [3.8, 4) is 5.75 Å². The molecule has 0 aliphatic carbocycles. The van der Waals surface area contributed by atoms with E-state index in [1.165, 1.54) is 6.26 Å². The van der Waals surface area contributed by atoms with Crippen LogP contribution in [0.5, 0.6) is 5.75 Å². The van der Waals surface area contributed by atoms with Crippen LogP contribution in [-0.4, -0.2) is 13.0 Å². The molecule has 0 aliphatic heterocycles. The van der Waals surface area contributed by atoms with E-state index in [1.54, 1.807) is 13.2 Å². The molecule has 3 N–H and O–H groups in total. The summed E-state index contributed by atoms with van der Waals surface area (Å²) in [5, 5.41) is 2.85. The number of nitrogens with two attached hydrogens (primary N) is 1. The lowest BCUT2D eigenvalue weighted by Gasteiger charge is -2.13. The van der Waals surface area contributed by atoms with Gasteiger partial charge < -0.3 is 20.2 Å². The van der Waals surface area contributed by atoms with Gasteiger partial charge in [0, 0.05) is 11.3 Å². The Balaban J connectivity index is 0.00000220. The highest BCUT2D eigenvalue weighted by atomic mass is 35.5. The molecule has 0 spiro atoms. The summed E-state index contributed by atoms with van der Waals surface area (Å²) in [4.78, 5) is 12.1. The number of furan rings is 1. The number of carbonyl (C=O) groups excluding carboxylic acids is 1. The highest BCUT2D eigenvalue weighted by molar-refractivity contribution is 6.04. The number of anilines is 1. The smallest absolute Gasteiger partial charge is 0.258 e. The van der Waals surface area contributed by atoms with E-state index < -0.39 is 0 Å². The summed E-state index contributed by atoms with van der Waals surface area (Å²) in [5.41, 5.74) is 8.53. The maximum absolute atomic E-state index is 12.1. The van der Waals surface area contributed by atoms with E-state index in [4.69, 9.17) is 14.9 Å². The Kier molecular flexibility index (Phi) is 5.81. The van der Waals surface area contributed by atoms with E-state index >= 15 is 0 Å². The third kappa shape index (κ3) is 3.56. The van der Waals surface area contributed by atoms with Gasteiger partial charge in [-0.3, -0.25) is 4.79 Å². The van der Waals surface area contributed by atoms with Crippen LogP contribution in [0.2, 0.25) is 0 Å². The van der Waals surface area contributed by atoms with Crippen molar-refractivity contribution in [1.29, 1.82) is 0 Å². The standard InChI is InChI=1S/C15H18N2O3.ClH/c1-9-4-5-13(10(2)14(9)19-3)17-15(18)11-6-12(7-16)20-8-11;/h4-6,8H,7,16H2,1-3H3,(H,17,18);1H. The summed E-state index contributed by atoms with van der Waals surface area (Å²) in [6.07, 6.45) is 1.40. The molecule has 1 aromatic carbocycles. The van der Waals surface area contributed by atoms with Crippen LogP contribution in [-0.2, 0) is 6.54 Å². The maximum atomic E-state index is 12.1. The molecule has 0 fully saturated rings. The SMILES string of the molecule is COc1c(C)ccc(NC(=O)c2coc(CN)c2)c1C.Cl. The van der Waals surface area contributed by atoms with Crippen LogP contribution in [0.25, 0.3) is 0 Å². The van der Waals surface area contributed by atoms with Crippen molar-refractivity contribution in [2.24, 2.45) is 5.73 Å². The molecule has 0 unspecified atom stereocenters. The van der Waals surface area contributed by atoms with Gasteiger partial charge >= 0.3 is 0 Å². The Hall–Kier alpha value is -1.98. The van der Waals surface area contributed by atoms with Gasteiger partial charge in [0.15, 0.2) is 0 Å². The van der Waals surface area contributed by atoms with Crippen LogP contribution in [0.15, 0.2) is 28.9 Å². The van der Waals surface area contributed by atoms with Crippen molar-refractivity contribution in [3.63, 3.8) is 0 Å². The van der Waals surface area contributed by atoms with E-state index in [9.17, 15) is 4.79 Å². The zero-order chi connectivity index (χ0) is 14.7. The van der Waals surface area contributed by atoms with Crippen LogP contribution >= 0.6 is 12.4 Å². The minimum atomic E-state index is -0.234. The molecule has 1 heterocycles. The second-order valence-electron chi connectivity index (χ2n) is 4.55. The molecule has 2 aromatic rings. The topological polar surface area (TPSA) is 77.5 Å². The van der Waals surface area contributed by atoms with Crippen molar-refractivity contribution in [2.75, 3.05) is 12.4 Å². The molecule has 21 heavy (non-hydrogen) atoms. The summed E-state index contributed by atoms with van der Waals surface area (Å²) in [6, 6.07) is 5.40. The number of rotatable bonds is 4. The second-order valence-corrected chi connectivity index (χ2v) is 4.55. The van der Waals surface area contributed by atoms with Gasteiger partial charge in [-0.2, -0.15) is 0 Å². The number of hydrogen-bond acceptors (Lipinski definition) is 4. The van der Waals surface area contributed by atoms with E-state index in [0.717, 1.165) is 16.9 Å². The van der Waals surface area contributed by atoms with Crippen molar-refractivity contribution in [2.45, 2.75) is 20.4 Å². The van der Waals surface area contributed by atoms with Crippen molar-refractivity contribution >= 4 is 24.0 Å². The number of amides is 1. The Morgan fingerprint density at radius 2 is 2.10 bits per heavy atom. The molecular weight excluding hydrogens is 292 g/mol. The van der Waals surface area contributed by atoms with Gasteiger partial charge in [0.2, 0.25) is 0 Å². The second kappa shape index (κ2) is 7.15. The van der Waals surface area contributed by atoms with Crippen molar-refractivity contribution in [3.05, 3.63) is 46.9 Å². The number of carbonyl (C=O) groups is 1. The monoisotopic (exact) mass is 310 g/mol. The molecular formula is C15H19ClN2O3. The van der Waals surface area contributed by atoms with Crippen LogP contribution in [0, 0.1) is 13.8 Å². The number of benzene rings is 1. The van der Waals surface area contributed by atoms with E-state index in [1.807, 2.05) is 26.0 Å². The van der Waals surface area contributed by atoms with Gasteiger partial charge in [-0.25, -0.2) is 0 Å². The first kappa shape index (κ1) is 17.1. The molecule has 0 bridgehead atoms. The van der Waals surface area contributed by atoms with Crippen LogP contribution < -0.4 is 15.8 Å². The number of hydrogen-bond donors (Lipinski definition) is 2. The molecule has 5 nitrogen and oxygen atoms in total. The number of halogens is 1. The number of ether oxygens (including phenoxy) is 1. The normalized spacial score (nSPS) is 9.90. The molecule has 2 rings (SSSR count). The van der Waals surface area contributed by atoms with Crippen LogP contribution in [0.3, 0.4) is 0 Å². The number of aryl methyl sites for hydroxylation is 1. The third-order valence-corrected chi connectivity index (χ3v) is 3.17. The lowest BCUT2D eigenvalue weighted by molar-refractivity contribution is 0.102. The Labute approximate surface area is 129 Å². The van der Waals surface area contributed by atoms with Gasteiger partial charge in [-0.15, -0.1) is 12.4 Å². The molecule has 0 saturated heterocycles. The number of nitrogens with one attached hydrogen (secondary N) is 1. The van der Waals surface area contributed by atoms with E-state index in [0.29, 0.717) is 17.0 Å². The Morgan fingerprint density at radius 1 is 1.38 bits per heavy atom. The first-order valence-electron chi connectivity index (χ1n) is 6.29. The van der Waals surface area contributed by atoms with E-state index in [2.05, 4.69) is 5.32 Å². The van der Waals surface area contributed by atoms with E-state index in [-0.39, 0.29) is 24.9 Å². The van der Waals surface area contributed by atoms with Crippen LogP contribution in [0.4, 0.5) is 5.69 Å². The summed E-state index contributed by atoms with van der Waals surface area (Å²) >= 11 is 0. The zero-order valence-electron chi connectivity index (χ0n) is 12.2. The summed E-state index contributed by atoms with van der Waals surface area (Å²) < 4.78 is 10.5. The molecule has 1 aromatic heterocycles. The lowest BCUT2D eigenvalue weighted by atomic mass is 10.1. The van der Waals surface area contributed by atoms with Gasteiger partial charge in [-0.05, 0) is 31.5 Å². The highest BCUT2D eigenvalue weighted by Gasteiger charge is 2.13. The molecule has 0 radical (unpaired) electrons. The van der Waals surface area contributed by atoms with Gasteiger partial charge in [0.1, 0.15) is 17.8 Å². The first-order valence-corrected chi connectivity index (χ1v) is 6.29. The Morgan fingerprint density at radius 3 is 2.67 bits per heavy atom. The molecule has 0 atom stereocenters. The fourth-order valence-electron chi connectivity index (χ4n) is 2.08. The highest BCUT2D eigenvalue weighted by Crippen LogP contribution is 2.29. The largest absolute Gasteiger partial charge is 0.496 e. The third-order valence-electron chi connectivity index (χ3n) is 3.17. The average Bonchev–Trinajstić information content (AvgIpc) is 2.91. The van der Waals surface area contributed by atoms with Gasteiger partial charge in [0.05, 0.1) is 19.2 Å². The summed E-state index contributed by atoms with van der Waals surface area (Å²) in [7, 11) is 1.62.